The van der Waals surface area contributed by atoms with Crippen LogP contribution < -0.4 is 14.7 Å². The second-order valence-corrected chi connectivity index (χ2v) is 17.7. The van der Waals surface area contributed by atoms with Gasteiger partial charge in [-0.3, -0.25) is 9.34 Å². The predicted molar refractivity (Wildman–Crippen MR) is 213 cm³/mol. The number of likely N-dealkylation sites (N-methyl/N-ethyl adjacent to an activating group) is 1. The van der Waals surface area contributed by atoms with E-state index < -0.39 is 10.0 Å². The number of hydrogen-bond acceptors (Lipinski definition) is 9. The number of nitrogens with zero attached hydrogens (tertiary/aromatic N) is 3. The summed E-state index contributed by atoms with van der Waals surface area (Å²) in [6.07, 6.45) is 15.2. The third kappa shape index (κ3) is 8.87. The summed E-state index contributed by atoms with van der Waals surface area (Å²) in [7, 11) is -2.14. The summed E-state index contributed by atoms with van der Waals surface area (Å²) in [6, 6.07) is 24.0. The van der Waals surface area contributed by atoms with E-state index in [1.165, 1.54) is 25.8 Å². The van der Waals surface area contributed by atoms with Crippen LogP contribution in [0.1, 0.15) is 62.4 Å². The molecule has 0 bridgehead atoms. The van der Waals surface area contributed by atoms with E-state index in [1.807, 2.05) is 25.1 Å². The van der Waals surface area contributed by atoms with Crippen molar-refractivity contribution in [1.82, 2.24) is 4.31 Å². The van der Waals surface area contributed by atoms with Crippen LogP contribution in [0.25, 0.3) is 16.3 Å². The molecule has 0 unspecified atom stereocenters. The lowest BCUT2D eigenvalue weighted by atomic mass is 10.2. The second-order valence-electron chi connectivity index (χ2n) is 12.8. The number of thioether (sulfide) groups is 1. The van der Waals surface area contributed by atoms with Crippen LogP contribution in [0.15, 0.2) is 123 Å². The van der Waals surface area contributed by atoms with Gasteiger partial charge in [0.1, 0.15) is 4.70 Å². The van der Waals surface area contributed by atoms with Crippen LogP contribution >= 0.6 is 35.1 Å². The summed E-state index contributed by atoms with van der Waals surface area (Å²) >= 11 is 4.51. The zero-order chi connectivity index (χ0) is 36.5. The molecule has 4 aromatic rings. The molecule has 8 nitrogen and oxygen atoms in total. The summed E-state index contributed by atoms with van der Waals surface area (Å²) in [5.41, 5.74) is 6.12. The molecular weight excluding hydrogens is 731 g/mol. The number of allylic oxidation sites excluding steroid dienone is 5. The maximum absolute atomic E-state index is 14.2. The van der Waals surface area contributed by atoms with Crippen molar-refractivity contribution in [2.24, 2.45) is 0 Å². The number of thiazole rings is 1. The average molecular weight is 776 g/mol. The fourth-order valence-corrected chi connectivity index (χ4v) is 10.5. The Morgan fingerprint density at radius 1 is 0.962 bits per heavy atom. The van der Waals surface area contributed by atoms with Crippen LogP contribution in [-0.2, 0) is 25.9 Å². The Bertz CT molecular complexity index is 2090. The first-order valence-corrected chi connectivity index (χ1v) is 21.7. The molecular formula is C40H45N3O5S4. The highest BCUT2D eigenvalue weighted by Gasteiger charge is 2.31. The van der Waals surface area contributed by atoms with E-state index in [0.717, 1.165) is 102 Å². The van der Waals surface area contributed by atoms with Crippen LogP contribution in [0.5, 0.6) is 0 Å². The third-order valence-corrected chi connectivity index (χ3v) is 14.0. The lowest BCUT2D eigenvalue weighted by Crippen LogP contribution is -2.35. The van der Waals surface area contributed by atoms with E-state index in [9.17, 15) is 13.7 Å². The van der Waals surface area contributed by atoms with E-state index >= 15 is 0 Å². The number of fused-ring (bicyclic) bond motifs is 2. The Morgan fingerprint density at radius 2 is 1.75 bits per heavy atom. The molecule has 0 atom stereocenters. The number of rotatable bonds is 17. The first-order chi connectivity index (χ1) is 25.3. The van der Waals surface area contributed by atoms with Crippen LogP contribution in [0.4, 0.5) is 5.69 Å². The van der Waals surface area contributed by atoms with Crippen molar-refractivity contribution in [1.29, 1.82) is 0 Å². The Labute approximate surface area is 320 Å². The molecule has 6 rings (SSSR count). The Hall–Kier alpha value is -3.36. The molecule has 0 N–H and O–H groups in total. The van der Waals surface area contributed by atoms with Gasteiger partial charge in [-0.05, 0) is 92.7 Å². The number of anilines is 1. The highest BCUT2D eigenvalue weighted by molar-refractivity contribution is 8.03. The molecule has 12 heteroatoms. The van der Waals surface area contributed by atoms with Crippen molar-refractivity contribution in [2.75, 3.05) is 24.2 Å². The topological polar surface area (TPSA) is 86.0 Å². The van der Waals surface area contributed by atoms with Crippen LogP contribution in [0, 0.1) is 6.92 Å². The van der Waals surface area contributed by atoms with Crippen molar-refractivity contribution in [3.63, 3.8) is 0 Å². The molecule has 274 valence electrons. The molecule has 2 heterocycles. The summed E-state index contributed by atoms with van der Waals surface area (Å²) in [5.74, 6) is 0.653. The monoisotopic (exact) mass is 775 g/mol. The summed E-state index contributed by atoms with van der Waals surface area (Å²) < 4.78 is 37.9. The van der Waals surface area contributed by atoms with Crippen molar-refractivity contribution >= 4 is 67.1 Å². The summed E-state index contributed by atoms with van der Waals surface area (Å²) in [4.78, 5) is 3.78. The maximum Gasteiger partial charge on any atom is 0.264 e. The molecule has 52 heavy (non-hydrogen) atoms. The van der Waals surface area contributed by atoms with E-state index in [1.54, 1.807) is 42.3 Å². The van der Waals surface area contributed by atoms with Gasteiger partial charge in [-0.2, -0.15) is 8.90 Å². The van der Waals surface area contributed by atoms with Gasteiger partial charge in [0.05, 0.1) is 21.3 Å². The van der Waals surface area contributed by atoms with Crippen molar-refractivity contribution in [3.8, 4) is 0 Å². The number of sulfonamides is 1. The van der Waals surface area contributed by atoms with Gasteiger partial charge >= 0.3 is 0 Å². The zero-order valence-electron chi connectivity index (χ0n) is 29.8. The van der Waals surface area contributed by atoms with Gasteiger partial charge in [-0.15, -0.1) is 0 Å². The van der Waals surface area contributed by atoms with Crippen molar-refractivity contribution in [3.05, 3.63) is 123 Å². The van der Waals surface area contributed by atoms with Crippen molar-refractivity contribution < 1.29 is 27.6 Å². The molecule has 0 saturated heterocycles. The first-order valence-electron chi connectivity index (χ1n) is 17.7. The number of benzene rings is 3. The Kier molecular flexibility index (Phi) is 13.4. The van der Waals surface area contributed by atoms with E-state index in [-0.39, 0.29) is 4.90 Å². The fourth-order valence-electron chi connectivity index (χ4n) is 6.59. The maximum atomic E-state index is 14.2. The standard InChI is InChI=1S/C40H45N3O5S4/c1-4-5-10-27-42-34-13-6-8-15-36(34)50-38(42)25-21-31-19-20-32(40(31)41(3)52(45,46)33-23-17-30(2)18-24-33)22-26-39-43(28-11-12-29-49-48-47-44)35-14-7-9-16-37(35)51-39/h6-9,13-18,21-26H,4-5,10-12,19-20,27-29H2,1-3H3. The van der Waals surface area contributed by atoms with E-state index in [2.05, 4.69) is 92.5 Å². The number of hydrogen-bond donors (Lipinski definition) is 0. The van der Waals surface area contributed by atoms with Gasteiger partial charge in [0.2, 0.25) is 5.52 Å². The van der Waals surface area contributed by atoms with Crippen molar-refractivity contribution in [2.45, 2.75) is 75.1 Å². The van der Waals surface area contributed by atoms with Gasteiger partial charge in [0, 0.05) is 54.8 Å². The van der Waals surface area contributed by atoms with E-state index in [4.69, 9.17) is 0 Å². The highest BCUT2D eigenvalue weighted by atomic mass is 32.2. The predicted octanol–water partition coefficient (Wildman–Crippen LogP) is 9.10. The number of unbranched alkanes of at least 4 members (excludes halogenated alkanes) is 3. The lowest BCUT2D eigenvalue weighted by molar-refractivity contribution is -0.777. The quantitative estimate of drug-likeness (QED) is 0.0346. The molecule has 0 spiro atoms. The first kappa shape index (κ1) is 38.4. The second kappa shape index (κ2) is 18.1. The minimum absolute atomic E-state index is 0.276. The molecule has 1 aromatic heterocycles. The minimum Gasteiger partial charge on any atom is -0.691 e. The number of para-hydroxylation sites is 2. The van der Waals surface area contributed by atoms with Crippen LogP contribution in [0.2, 0.25) is 0 Å². The summed E-state index contributed by atoms with van der Waals surface area (Å²) in [5, 5.41) is 15.8. The Balaban J connectivity index is 1.36. The van der Waals surface area contributed by atoms with Gasteiger partial charge in [-0.1, -0.05) is 84.5 Å². The average Bonchev–Trinajstić information content (AvgIpc) is 3.84. The van der Waals surface area contributed by atoms with Crippen LogP contribution in [-0.4, -0.2) is 32.1 Å². The largest absolute Gasteiger partial charge is 0.691 e. The molecule has 2 aliphatic rings. The zero-order valence-corrected chi connectivity index (χ0v) is 33.1. The molecule has 0 saturated carbocycles. The molecule has 3 aromatic carbocycles. The Morgan fingerprint density at radius 3 is 2.56 bits per heavy atom. The molecule has 0 fully saturated rings. The summed E-state index contributed by atoms with van der Waals surface area (Å²) in [6.45, 7) is 5.92. The molecule has 0 radical (unpaired) electrons. The smallest absolute Gasteiger partial charge is 0.264 e. The molecule has 0 amide bonds. The molecule has 1 aliphatic heterocycles. The normalized spacial score (nSPS) is 16.3. The minimum atomic E-state index is -3.82. The highest BCUT2D eigenvalue weighted by Crippen LogP contribution is 2.46. The SMILES string of the molecule is CCCCC[n+]1c(C=CC2=C(N(C)S(=O)(=O)c3ccc(C)cc3)C(=CC=C3Sc4ccccc4N3CCCCSOO[O-])CC2)sc2ccccc21. The fraction of sp³-hybridized carbons (Fsp3) is 0.325. The third-order valence-electron chi connectivity index (χ3n) is 9.31. The number of aryl methyl sites for hydroxylation is 2. The lowest BCUT2D eigenvalue weighted by Gasteiger charge is -2.23. The molecule has 1 aliphatic carbocycles. The van der Waals surface area contributed by atoms with Crippen LogP contribution in [0.3, 0.4) is 0 Å². The van der Waals surface area contributed by atoms with Gasteiger partial charge in [-0.25, -0.2) is 8.42 Å². The van der Waals surface area contributed by atoms with Gasteiger partial charge < -0.3 is 10.2 Å². The van der Waals surface area contributed by atoms with Gasteiger partial charge in [0.25, 0.3) is 15.0 Å². The van der Waals surface area contributed by atoms with Gasteiger partial charge in [0.15, 0.2) is 6.54 Å². The van der Waals surface area contributed by atoms with E-state index in [0.29, 0.717) is 5.75 Å². The number of aromatic nitrogens is 1.